The zero-order valence-corrected chi connectivity index (χ0v) is 16.8. The number of anilines is 1. The van der Waals surface area contributed by atoms with E-state index in [1.807, 2.05) is 18.2 Å². The average molecular weight is 399 g/mol. The number of carbonyl (C=O) groups is 2. The summed E-state index contributed by atoms with van der Waals surface area (Å²) in [7, 11) is 0. The van der Waals surface area contributed by atoms with Crippen LogP contribution in [0.4, 0.5) is 5.82 Å². The predicted octanol–water partition coefficient (Wildman–Crippen LogP) is 1.60. The van der Waals surface area contributed by atoms with Crippen LogP contribution in [0.2, 0.25) is 0 Å². The molecule has 0 aromatic carbocycles. The lowest BCUT2D eigenvalue weighted by Gasteiger charge is -2.58. The number of aromatic nitrogens is 1. The molecule has 2 atom stereocenters. The molecule has 156 valence electrons. The maximum absolute atomic E-state index is 12.9. The van der Waals surface area contributed by atoms with E-state index < -0.39 is 11.0 Å². The molecule has 2 unspecified atom stereocenters. The molecule has 2 heterocycles. The van der Waals surface area contributed by atoms with Gasteiger partial charge in [0.15, 0.2) is 6.61 Å². The fraction of sp³-hybridized carbons (Fsp3) is 0.682. The second-order valence-corrected chi connectivity index (χ2v) is 9.60. The molecule has 1 N–H and O–H groups in total. The highest BCUT2D eigenvalue weighted by Gasteiger charge is 2.60. The van der Waals surface area contributed by atoms with Crippen LogP contribution in [-0.4, -0.2) is 65.3 Å². The highest BCUT2D eigenvalue weighted by molar-refractivity contribution is 5.83. The van der Waals surface area contributed by atoms with E-state index in [4.69, 9.17) is 4.74 Å². The van der Waals surface area contributed by atoms with Crippen molar-refractivity contribution in [3.63, 3.8) is 0 Å². The second kappa shape index (κ2) is 6.97. The third kappa shape index (κ3) is 3.50. The molecular formula is C22H29N3O4. The van der Waals surface area contributed by atoms with Crippen molar-refractivity contribution in [1.82, 2.24) is 9.88 Å². The first kappa shape index (κ1) is 18.9. The Morgan fingerprint density at radius 2 is 1.83 bits per heavy atom. The van der Waals surface area contributed by atoms with Crippen molar-refractivity contribution in [2.75, 3.05) is 37.7 Å². The van der Waals surface area contributed by atoms with Gasteiger partial charge >= 0.3 is 5.97 Å². The van der Waals surface area contributed by atoms with Gasteiger partial charge in [0, 0.05) is 32.4 Å². The summed E-state index contributed by atoms with van der Waals surface area (Å²) >= 11 is 0. The number of hydrogen-bond donors (Lipinski definition) is 1. The normalized spacial score (nSPS) is 35.6. The fourth-order valence-electron chi connectivity index (χ4n) is 6.55. The summed E-state index contributed by atoms with van der Waals surface area (Å²) in [5.74, 6) is 1.35. The van der Waals surface area contributed by atoms with Gasteiger partial charge < -0.3 is 19.6 Å². The van der Waals surface area contributed by atoms with E-state index in [9.17, 15) is 14.7 Å². The van der Waals surface area contributed by atoms with Crippen molar-refractivity contribution in [3.8, 4) is 0 Å². The Balaban J connectivity index is 1.14. The van der Waals surface area contributed by atoms with Crippen LogP contribution in [0.3, 0.4) is 0 Å². The highest BCUT2D eigenvalue weighted by Crippen LogP contribution is 2.61. The summed E-state index contributed by atoms with van der Waals surface area (Å²) in [4.78, 5) is 33.8. The van der Waals surface area contributed by atoms with Crippen molar-refractivity contribution < 1.29 is 19.4 Å². The summed E-state index contributed by atoms with van der Waals surface area (Å²) in [6, 6.07) is 5.82. The standard InChI is InChI=1S/C22H29N3O4/c26-19(25-7-5-24(6-8-25)18-3-1-2-4-23-18)14-29-20(27)21-10-16-9-17(11-21)13-22(28,12-16)15-21/h1-4,16-17,28H,5-15H2. The topological polar surface area (TPSA) is 83.0 Å². The Bertz CT molecular complexity index is 777. The molecule has 1 aliphatic heterocycles. The Morgan fingerprint density at radius 3 is 2.45 bits per heavy atom. The Hall–Kier alpha value is -2.15. The lowest BCUT2D eigenvalue weighted by Crippen LogP contribution is -2.58. The first-order chi connectivity index (χ1) is 13.9. The van der Waals surface area contributed by atoms with E-state index in [-0.39, 0.29) is 18.5 Å². The van der Waals surface area contributed by atoms with Crippen LogP contribution >= 0.6 is 0 Å². The van der Waals surface area contributed by atoms with Crippen molar-refractivity contribution in [3.05, 3.63) is 24.4 Å². The van der Waals surface area contributed by atoms with Gasteiger partial charge in [-0.15, -0.1) is 0 Å². The van der Waals surface area contributed by atoms with Crippen LogP contribution in [-0.2, 0) is 14.3 Å². The van der Waals surface area contributed by atoms with Crippen LogP contribution in [0, 0.1) is 17.3 Å². The minimum absolute atomic E-state index is 0.137. The van der Waals surface area contributed by atoms with E-state index in [0.717, 1.165) is 51.0 Å². The highest BCUT2D eigenvalue weighted by atomic mass is 16.5. The number of pyridine rings is 1. The summed E-state index contributed by atoms with van der Waals surface area (Å²) in [5, 5.41) is 10.8. The Kier molecular flexibility index (Phi) is 4.53. The first-order valence-electron chi connectivity index (χ1n) is 10.8. The third-order valence-corrected chi connectivity index (χ3v) is 7.40. The fourth-order valence-corrected chi connectivity index (χ4v) is 6.55. The molecule has 0 spiro atoms. The molecule has 1 saturated heterocycles. The molecule has 5 aliphatic rings. The minimum atomic E-state index is -0.699. The van der Waals surface area contributed by atoms with Crippen molar-refractivity contribution in [2.24, 2.45) is 17.3 Å². The Labute approximate surface area is 171 Å². The lowest BCUT2D eigenvalue weighted by molar-refractivity contribution is -0.197. The van der Waals surface area contributed by atoms with Crippen LogP contribution < -0.4 is 4.90 Å². The molecule has 29 heavy (non-hydrogen) atoms. The summed E-state index contributed by atoms with van der Waals surface area (Å²) in [6.07, 6.45) is 6.64. The smallest absolute Gasteiger partial charge is 0.312 e. The van der Waals surface area contributed by atoms with E-state index in [0.29, 0.717) is 31.3 Å². The number of amides is 1. The van der Waals surface area contributed by atoms with Gasteiger partial charge in [0.05, 0.1) is 11.0 Å². The Morgan fingerprint density at radius 1 is 1.10 bits per heavy atom. The average Bonchev–Trinajstić information content (AvgIpc) is 2.70. The van der Waals surface area contributed by atoms with Crippen LogP contribution in [0.5, 0.6) is 0 Å². The van der Waals surface area contributed by atoms with Crippen LogP contribution in [0.15, 0.2) is 24.4 Å². The number of piperazine rings is 1. The minimum Gasteiger partial charge on any atom is -0.455 e. The molecule has 1 aromatic rings. The second-order valence-electron chi connectivity index (χ2n) is 9.60. The molecule has 1 aromatic heterocycles. The lowest BCUT2D eigenvalue weighted by atomic mass is 9.48. The van der Waals surface area contributed by atoms with Gasteiger partial charge in [-0.3, -0.25) is 9.59 Å². The van der Waals surface area contributed by atoms with Gasteiger partial charge in [-0.2, -0.15) is 0 Å². The number of rotatable bonds is 4. The summed E-state index contributed by atoms with van der Waals surface area (Å²) in [5.41, 5.74) is -1.27. The van der Waals surface area contributed by atoms with Crippen LogP contribution in [0.1, 0.15) is 38.5 Å². The van der Waals surface area contributed by atoms with Gasteiger partial charge in [-0.1, -0.05) is 6.07 Å². The van der Waals surface area contributed by atoms with Crippen LogP contribution in [0.25, 0.3) is 0 Å². The number of ether oxygens (including phenoxy) is 1. The molecule has 5 fully saturated rings. The predicted molar refractivity (Wildman–Crippen MR) is 106 cm³/mol. The molecule has 7 nitrogen and oxygen atoms in total. The van der Waals surface area contributed by atoms with Gasteiger partial charge in [0.1, 0.15) is 5.82 Å². The van der Waals surface area contributed by atoms with Gasteiger partial charge in [0.25, 0.3) is 5.91 Å². The van der Waals surface area contributed by atoms with Gasteiger partial charge in [-0.05, 0) is 62.5 Å². The van der Waals surface area contributed by atoms with Gasteiger partial charge in [-0.25, -0.2) is 4.98 Å². The number of nitrogens with zero attached hydrogens (tertiary/aromatic N) is 3. The quantitative estimate of drug-likeness (QED) is 0.775. The molecule has 0 radical (unpaired) electrons. The molecular weight excluding hydrogens is 370 g/mol. The molecule has 7 heteroatoms. The number of esters is 1. The number of hydrogen-bond acceptors (Lipinski definition) is 6. The maximum Gasteiger partial charge on any atom is 0.312 e. The largest absolute Gasteiger partial charge is 0.455 e. The van der Waals surface area contributed by atoms with Crippen molar-refractivity contribution in [2.45, 2.75) is 44.1 Å². The summed E-state index contributed by atoms with van der Waals surface area (Å²) in [6.45, 7) is 2.44. The maximum atomic E-state index is 12.9. The van der Waals surface area contributed by atoms with Crippen molar-refractivity contribution >= 4 is 17.7 Å². The zero-order valence-electron chi connectivity index (χ0n) is 16.8. The summed E-state index contributed by atoms with van der Waals surface area (Å²) < 4.78 is 5.53. The SMILES string of the molecule is O=C(COC(=O)C12CC3CC(CC(O)(C3)C1)C2)N1CCN(c2ccccn2)CC1. The monoisotopic (exact) mass is 399 g/mol. The molecule has 1 amide bonds. The number of aliphatic hydroxyl groups is 1. The molecule has 4 bridgehead atoms. The van der Waals surface area contributed by atoms with E-state index >= 15 is 0 Å². The molecule has 6 rings (SSSR count). The first-order valence-corrected chi connectivity index (χ1v) is 10.8. The van der Waals surface area contributed by atoms with E-state index in [1.54, 1.807) is 11.1 Å². The van der Waals surface area contributed by atoms with E-state index in [2.05, 4.69) is 9.88 Å². The molecule has 4 saturated carbocycles. The number of carbonyl (C=O) groups excluding carboxylic acids is 2. The molecule has 4 aliphatic carbocycles. The zero-order chi connectivity index (χ0) is 20.1. The third-order valence-electron chi connectivity index (χ3n) is 7.40. The van der Waals surface area contributed by atoms with Gasteiger partial charge in [0.2, 0.25) is 0 Å². The van der Waals surface area contributed by atoms with E-state index in [1.165, 1.54) is 0 Å². The van der Waals surface area contributed by atoms with Crippen molar-refractivity contribution in [1.29, 1.82) is 0 Å².